The van der Waals surface area contributed by atoms with E-state index >= 15 is 0 Å². The minimum Gasteiger partial charge on any atom is -0.462 e. The molecule has 0 radical (unpaired) electrons. The number of aliphatic imine (C=N–C) groups is 2. The van der Waals surface area contributed by atoms with Crippen LogP contribution in [0.25, 0.3) is 10.8 Å². The van der Waals surface area contributed by atoms with Crippen molar-refractivity contribution in [3.8, 4) is 6.01 Å². The van der Waals surface area contributed by atoms with Crippen molar-refractivity contribution in [1.82, 2.24) is 14.9 Å². The van der Waals surface area contributed by atoms with Gasteiger partial charge in [0.15, 0.2) is 0 Å². The van der Waals surface area contributed by atoms with Gasteiger partial charge in [0.25, 0.3) is 0 Å². The standard InChI is InChI=1S/C32H43N7O/c1-5-16-33-23-34-17-9-19-38(4)31-27-15-20-39(29-14-7-12-25-11-6-10-24(2)30(25)29)21-28(27)35-32(36-31)40-22-26-13-8-18-37(26)3/h6-7,10-12,14,26H,5,8-9,13,15-22H2,1-4H3/t26-/m0/s1. The SMILES string of the molecule is CCCN=C=NCCCN(C)c1nc(OC[C@@H]2CCCN2C)nc2c1CCN(c1cccc3cccc(C)c13)C2. The number of fused-ring (bicyclic) bond motifs is 2. The Morgan fingerprint density at radius 3 is 2.73 bits per heavy atom. The first-order chi connectivity index (χ1) is 19.5. The van der Waals surface area contributed by atoms with Crippen LogP contribution in [0.2, 0.25) is 0 Å². The summed E-state index contributed by atoms with van der Waals surface area (Å²) < 4.78 is 6.28. The summed E-state index contributed by atoms with van der Waals surface area (Å²) in [6.45, 7) is 10.1. The Hall–Kier alpha value is -3.48. The zero-order chi connectivity index (χ0) is 27.9. The van der Waals surface area contributed by atoms with Gasteiger partial charge in [-0.2, -0.15) is 9.97 Å². The van der Waals surface area contributed by atoms with Crippen molar-refractivity contribution in [1.29, 1.82) is 0 Å². The van der Waals surface area contributed by atoms with Crippen molar-refractivity contribution in [3.05, 3.63) is 53.2 Å². The monoisotopic (exact) mass is 541 g/mol. The number of hydrogen-bond donors (Lipinski definition) is 0. The molecule has 0 N–H and O–H groups in total. The summed E-state index contributed by atoms with van der Waals surface area (Å²) in [6, 6.07) is 16.9. The molecule has 0 saturated carbocycles. The summed E-state index contributed by atoms with van der Waals surface area (Å²) in [5.74, 6) is 0.983. The molecule has 1 saturated heterocycles. The summed E-state index contributed by atoms with van der Waals surface area (Å²) in [5.41, 5.74) is 4.86. The van der Waals surface area contributed by atoms with Gasteiger partial charge in [-0.25, -0.2) is 9.98 Å². The molecule has 3 aromatic rings. The predicted octanol–water partition coefficient (Wildman–Crippen LogP) is 5.38. The van der Waals surface area contributed by atoms with Gasteiger partial charge in [0, 0.05) is 49.4 Å². The number of aromatic nitrogens is 2. The molecule has 8 nitrogen and oxygen atoms in total. The second-order valence-electron chi connectivity index (χ2n) is 11.1. The topological polar surface area (TPSA) is 69.5 Å². The van der Waals surface area contributed by atoms with E-state index in [4.69, 9.17) is 14.7 Å². The minimum absolute atomic E-state index is 0.420. The number of likely N-dealkylation sites (tertiary alicyclic amines) is 1. The first kappa shape index (κ1) is 28.1. The number of benzene rings is 2. The van der Waals surface area contributed by atoms with Crippen molar-refractivity contribution < 1.29 is 4.74 Å². The number of aryl methyl sites for hydroxylation is 1. The molecule has 0 aliphatic carbocycles. The molecule has 3 heterocycles. The van der Waals surface area contributed by atoms with Crippen molar-refractivity contribution >= 4 is 28.3 Å². The van der Waals surface area contributed by atoms with Crippen LogP contribution < -0.4 is 14.5 Å². The summed E-state index contributed by atoms with van der Waals surface area (Å²) in [6.07, 6.45) is 5.20. The molecule has 1 atom stereocenters. The summed E-state index contributed by atoms with van der Waals surface area (Å²) >= 11 is 0. The molecule has 40 heavy (non-hydrogen) atoms. The lowest BCUT2D eigenvalue weighted by Gasteiger charge is -2.33. The number of likely N-dealkylation sites (N-methyl/N-ethyl adjacent to an activating group) is 1. The average molecular weight is 542 g/mol. The molecule has 1 fully saturated rings. The van der Waals surface area contributed by atoms with E-state index in [9.17, 15) is 0 Å². The van der Waals surface area contributed by atoms with Crippen LogP contribution in [-0.4, -0.2) is 80.3 Å². The first-order valence-electron chi connectivity index (χ1n) is 14.8. The summed E-state index contributed by atoms with van der Waals surface area (Å²) in [4.78, 5) is 25.5. The van der Waals surface area contributed by atoms with Crippen molar-refractivity contribution in [2.45, 2.75) is 58.5 Å². The maximum Gasteiger partial charge on any atom is 0.318 e. The highest BCUT2D eigenvalue weighted by atomic mass is 16.5. The maximum absolute atomic E-state index is 6.28. The van der Waals surface area contributed by atoms with Crippen LogP contribution in [0.15, 0.2) is 46.4 Å². The molecule has 0 spiro atoms. The van der Waals surface area contributed by atoms with E-state index in [0.29, 0.717) is 25.2 Å². The molecular formula is C32H43N7O. The summed E-state index contributed by atoms with van der Waals surface area (Å²) in [5, 5.41) is 2.60. The van der Waals surface area contributed by atoms with E-state index in [2.05, 4.69) is 95.0 Å². The zero-order valence-electron chi connectivity index (χ0n) is 24.6. The number of ether oxygens (including phenoxy) is 1. The normalized spacial score (nSPS) is 17.0. The van der Waals surface area contributed by atoms with E-state index < -0.39 is 0 Å². The zero-order valence-corrected chi connectivity index (χ0v) is 24.6. The number of nitrogens with zero attached hydrogens (tertiary/aromatic N) is 7. The van der Waals surface area contributed by atoms with E-state index in [1.807, 2.05) is 0 Å². The molecule has 212 valence electrons. The predicted molar refractivity (Wildman–Crippen MR) is 164 cm³/mol. The van der Waals surface area contributed by atoms with Gasteiger partial charge in [-0.05, 0) is 69.6 Å². The molecule has 2 aromatic carbocycles. The number of hydrogen-bond acceptors (Lipinski definition) is 8. The Balaban J connectivity index is 1.39. The van der Waals surface area contributed by atoms with Gasteiger partial charge in [0.05, 0.1) is 24.8 Å². The van der Waals surface area contributed by atoms with Crippen molar-refractivity contribution in [2.24, 2.45) is 9.98 Å². The van der Waals surface area contributed by atoms with Gasteiger partial charge >= 0.3 is 6.01 Å². The third kappa shape index (κ3) is 6.45. The highest BCUT2D eigenvalue weighted by Crippen LogP contribution is 2.35. The second-order valence-corrected chi connectivity index (χ2v) is 11.1. The Morgan fingerprint density at radius 2 is 1.93 bits per heavy atom. The van der Waals surface area contributed by atoms with Crippen LogP contribution in [-0.2, 0) is 13.0 Å². The fourth-order valence-electron chi connectivity index (χ4n) is 5.86. The Kier molecular flexibility index (Phi) is 9.30. The molecule has 0 unspecified atom stereocenters. The van der Waals surface area contributed by atoms with Gasteiger partial charge in [-0.3, -0.25) is 0 Å². The van der Waals surface area contributed by atoms with E-state index in [1.165, 1.54) is 34.0 Å². The van der Waals surface area contributed by atoms with Crippen molar-refractivity contribution in [3.63, 3.8) is 0 Å². The average Bonchev–Trinajstić information content (AvgIpc) is 3.39. The van der Waals surface area contributed by atoms with E-state index in [0.717, 1.165) is 69.9 Å². The molecule has 0 bridgehead atoms. The molecular weight excluding hydrogens is 498 g/mol. The third-order valence-corrected chi connectivity index (χ3v) is 8.13. The van der Waals surface area contributed by atoms with E-state index in [-0.39, 0.29) is 0 Å². The minimum atomic E-state index is 0.420. The molecule has 2 aliphatic rings. The molecule has 1 aromatic heterocycles. The first-order valence-corrected chi connectivity index (χ1v) is 14.8. The van der Waals surface area contributed by atoms with Crippen LogP contribution in [0.4, 0.5) is 11.5 Å². The fraction of sp³-hybridized carbons (Fsp3) is 0.531. The second kappa shape index (κ2) is 13.2. The van der Waals surface area contributed by atoms with Crippen LogP contribution >= 0.6 is 0 Å². The van der Waals surface area contributed by atoms with Crippen molar-refractivity contribution in [2.75, 3.05) is 63.2 Å². The van der Waals surface area contributed by atoms with Crippen LogP contribution in [0.1, 0.15) is 49.4 Å². The highest BCUT2D eigenvalue weighted by molar-refractivity contribution is 5.97. The van der Waals surface area contributed by atoms with Gasteiger partial charge in [-0.15, -0.1) is 0 Å². The Labute approximate surface area is 238 Å². The van der Waals surface area contributed by atoms with Crippen LogP contribution in [0, 0.1) is 6.92 Å². The lowest BCUT2D eigenvalue weighted by atomic mass is 10.00. The fourth-order valence-corrected chi connectivity index (χ4v) is 5.86. The molecule has 5 rings (SSSR count). The number of anilines is 2. The number of rotatable bonds is 11. The largest absolute Gasteiger partial charge is 0.462 e. The lowest BCUT2D eigenvalue weighted by molar-refractivity contribution is 0.187. The molecule has 2 aliphatic heterocycles. The molecule has 8 heteroatoms. The van der Waals surface area contributed by atoms with Crippen LogP contribution in [0.5, 0.6) is 6.01 Å². The third-order valence-electron chi connectivity index (χ3n) is 8.13. The highest BCUT2D eigenvalue weighted by Gasteiger charge is 2.27. The maximum atomic E-state index is 6.28. The molecule has 0 amide bonds. The lowest BCUT2D eigenvalue weighted by Crippen LogP contribution is -2.34. The van der Waals surface area contributed by atoms with Crippen LogP contribution in [0.3, 0.4) is 0 Å². The van der Waals surface area contributed by atoms with Gasteiger partial charge in [0.1, 0.15) is 12.4 Å². The quantitative estimate of drug-likeness (QED) is 0.240. The summed E-state index contributed by atoms with van der Waals surface area (Å²) in [7, 11) is 4.29. The smallest absolute Gasteiger partial charge is 0.318 e. The Bertz CT molecular complexity index is 1360. The Morgan fingerprint density at radius 1 is 1.10 bits per heavy atom. The van der Waals surface area contributed by atoms with Gasteiger partial charge < -0.3 is 19.4 Å². The van der Waals surface area contributed by atoms with Gasteiger partial charge in [0.2, 0.25) is 0 Å². The van der Waals surface area contributed by atoms with E-state index in [1.54, 1.807) is 0 Å². The van der Waals surface area contributed by atoms with Gasteiger partial charge in [-0.1, -0.05) is 37.3 Å².